The van der Waals surface area contributed by atoms with Crippen molar-refractivity contribution in [1.82, 2.24) is 4.98 Å². The first kappa shape index (κ1) is 11.7. The van der Waals surface area contributed by atoms with Crippen LogP contribution in [0.2, 0.25) is 0 Å². The summed E-state index contributed by atoms with van der Waals surface area (Å²) in [6, 6.07) is 1.86. The van der Waals surface area contributed by atoms with Gasteiger partial charge in [-0.1, -0.05) is 27.7 Å². The van der Waals surface area contributed by atoms with Crippen LogP contribution in [0.25, 0.3) is 0 Å². The quantitative estimate of drug-likeness (QED) is 0.715. The van der Waals surface area contributed by atoms with Crippen LogP contribution in [0, 0.1) is 5.92 Å². The van der Waals surface area contributed by atoms with Gasteiger partial charge in [0.05, 0.1) is 12.1 Å². The first-order valence-electron chi connectivity index (χ1n) is 5.17. The van der Waals surface area contributed by atoms with E-state index in [2.05, 4.69) is 18.8 Å². The van der Waals surface area contributed by atoms with Crippen LogP contribution in [-0.4, -0.2) is 11.0 Å². The number of hydrogen-bond acceptors (Lipinski definition) is 3. The van der Waals surface area contributed by atoms with Crippen molar-refractivity contribution in [3.05, 3.63) is 24.0 Å². The lowest BCUT2D eigenvalue weighted by molar-refractivity contribution is -0.137. The molecule has 0 aliphatic carbocycles. The number of rotatable bonds is 3. The minimum absolute atomic E-state index is 0.118. The topological polar surface area (TPSA) is 39.2 Å². The van der Waals surface area contributed by atoms with Crippen molar-refractivity contribution in [2.75, 3.05) is 0 Å². The Hall–Kier alpha value is -1.38. The predicted molar refractivity (Wildman–Crippen MR) is 58.8 cm³/mol. The molecule has 1 rings (SSSR count). The van der Waals surface area contributed by atoms with Crippen LogP contribution >= 0.6 is 0 Å². The number of carbonyl (C=O) groups excluding carboxylic acids is 1. The Morgan fingerprint density at radius 3 is 2.47 bits per heavy atom. The first-order valence-corrected chi connectivity index (χ1v) is 5.17. The van der Waals surface area contributed by atoms with Gasteiger partial charge in [-0.15, -0.1) is 0 Å². The van der Waals surface area contributed by atoms with Crippen molar-refractivity contribution < 1.29 is 9.53 Å². The van der Waals surface area contributed by atoms with Crippen LogP contribution in [-0.2, 0) is 4.79 Å². The molecule has 0 aromatic carbocycles. The van der Waals surface area contributed by atoms with E-state index in [9.17, 15) is 4.79 Å². The highest BCUT2D eigenvalue weighted by atomic mass is 16.5. The van der Waals surface area contributed by atoms with E-state index in [1.165, 1.54) is 0 Å². The van der Waals surface area contributed by atoms with Gasteiger partial charge in [-0.05, 0) is 17.5 Å². The van der Waals surface area contributed by atoms with Crippen molar-refractivity contribution in [3.8, 4) is 5.75 Å². The molecule has 3 nitrogen and oxygen atoms in total. The molecule has 1 aromatic heterocycles. The lowest BCUT2D eigenvalue weighted by Crippen LogP contribution is -2.15. The molecule has 1 heterocycles. The molecule has 0 spiro atoms. The molecule has 3 heteroatoms. The molecule has 0 amide bonds. The van der Waals surface area contributed by atoms with E-state index in [1.807, 2.05) is 19.9 Å². The van der Waals surface area contributed by atoms with Gasteiger partial charge in [0.2, 0.25) is 0 Å². The Labute approximate surface area is 90.5 Å². The molecule has 0 N–H and O–H groups in total. The van der Waals surface area contributed by atoms with Gasteiger partial charge in [0.1, 0.15) is 5.75 Å². The molecule has 0 radical (unpaired) electrons. The van der Waals surface area contributed by atoms with E-state index in [4.69, 9.17) is 4.74 Å². The van der Waals surface area contributed by atoms with Gasteiger partial charge in [-0.25, -0.2) is 0 Å². The molecule has 1 aromatic rings. The summed E-state index contributed by atoms with van der Waals surface area (Å²) in [6.07, 6.45) is 3.35. The first-order chi connectivity index (χ1) is 7.00. The van der Waals surface area contributed by atoms with Gasteiger partial charge in [0.25, 0.3) is 0 Å². The molecule has 0 bridgehead atoms. The van der Waals surface area contributed by atoms with E-state index in [-0.39, 0.29) is 11.9 Å². The second kappa shape index (κ2) is 4.91. The number of ether oxygens (including phenoxy) is 1. The Balaban J connectivity index is 2.78. The van der Waals surface area contributed by atoms with Crippen molar-refractivity contribution in [2.24, 2.45) is 5.92 Å². The van der Waals surface area contributed by atoms with Crippen LogP contribution < -0.4 is 4.74 Å². The molecule has 0 saturated heterocycles. The molecular formula is C12H17NO2. The van der Waals surface area contributed by atoms with E-state index in [1.54, 1.807) is 12.4 Å². The average Bonchev–Trinajstić information content (AvgIpc) is 2.18. The molecule has 82 valence electrons. The minimum Gasteiger partial charge on any atom is -0.425 e. The number of aromatic nitrogens is 1. The van der Waals surface area contributed by atoms with Gasteiger partial charge in [-0.3, -0.25) is 9.78 Å². The van der Waals surface area contributed by atoms with Gasteiger partial charge in [-0.2, -0.15) is 0 Å². The Morgan fingerprint density at radius 1 is 1.27 bits per heavy atom. The van der Waals surface area contributed by atoms with Crippen LogP contribution in [0.15, 0.2) is 18.5 Å². The largest absolute Gasteiger partial charge is 0.425 e. The third-order valence-corrected chi connectivity index (χ3v) is 2.09. The monoisotopic (exact) mass is 207 g/mol. The molecule has 0 atom stereocenters. The van der Waals surface area contributed by atoms with Gasteiger partial charge in [0.15, 0.2) is 0 Å². The highest BCUT2D eigenvalue weighted by molar-refractivity contribution is 5.74. The minimum atomic E-state index is -0.224. The molecular weight excluding hydrogens is 190 g/mol. The second-order valence-corrected chi connectivity index (χ2v) is 4.18. The molecule has 0 fully saturated rings. The van der Waals surface area contributed by atoms with E-state index < -0.39 is 0 Å². The number of esters is 1. The molecule has 0 saturated carbocycles. The summed E-state index contributed by atoms with van der Waals surface area (Å²) in [5.41, 5.74) is 1.07. The summed E-state index contributed by atoms with van der Waals surface area (Å²) in [4.78, 5) is 15.4. The average molecular weight is 207 g/mol. The summed E-state index contributed by atoms with van der Waals surface area (Å²) in [5.74, 6) is 0.570. The van der Waals surface area contributed by atoms with Crippen LogP contribution in [0.3, 0.4) is 0 Å². The van der Waals surface area contributed by atoms with Crippen LogP contribution in [0.4, 0.5) is 0 Å². The van der Waals surface area contributed by atoms with Crippen molar-refractivity contribution >= 4 is 5.97 Å². The Bertz CT molecular complexity index is 345. The van der Waals surface area contributed by atoms with Gasteiger partial charge < -0.3 is 4.74 Å². The maximum Gasteiger partial charge on any atom is 0.313 e. The number of pyridine rings is 1. The van der Waals surface area contributed by atoms with Crippen molar-refractivity contribution in [1.29, 1.82) is 0 Å². The summed E-state index contributed by atoms with van der Waals surface area (Å²) >= 11 is 0. The number of hydrogen-bond donors (Lipinski definition) is 0. The summed E-state index contributed by atoms with van der Waals surface area (Å²) in [6.45, 7) is 7.76. The lowest BCUT2D eigenvalue weighted by Gasteiger charge is -2.09. The molecule has 15 heavy (non-hydrogen) atoms. The van der Waals surface area contributed by atoms with Gasteiger partial charge in [0, 0.05) is 6.20 Å². The van der Waals surface area contributed by atoms with Crippen molar-refractivity contribution in [2.45, 2.75) is 33.6 Å². The molecule has 0 aliphatic heterocycles. The standard InChI is InChI=1S/C12H17NO2/c1-8(2)10-5-11(7-13-6-10)15-12(14)9(3)4/h5-9H,1-4H3. The maximum absolute atomic E-state index is 11.3. The van der Waals surface area contributed by atoms with E-state index >= 15 is 0 Å². The van der Waals surface area contributed by atoms with Crippen LogP contribution in [0.1, 0.15) is 39.2 Å². The maximum atomic E-state index is 11.3. The number of carbonyl (C=O) groups is 1. The Morgan fingerprint density at radius 2 is 1.93 bits per heavy atom. The van der Waals surface area contributed by atoms with Gasteiger partial charge >= 0.3 is 5.97 Å². The van der Waals surface area contributed by atoms with E-state index in [0.29, 0.717) is 11.7 Å². The zero-order valence-corrected chi connectivity index (χ0v) is 9.65. The SMILES string of the molecule is CC(C)C(=O)Oc1cncc(C(C)C)c1. The fourth-order valence-electron chi connectivity index (χ4n) is 1.04. The third kappa shape index (κ3) is 3.35. The second-order valence-electron chi connectivity index (χ2n) is 4.18. The summed E-state index contributed by atoms with van der Waals surface area (Å²) < 4.78 is 5.17. The smallest absolute Gasteiger partial charge is 0.313 e. The highest BCUT2D eigenvalue weighted by Crippen LogP contribution is 2.19. The predicted octanol–water partition coefficient (Wildman–Crippen LogP) is 2.77. The zero-order valence-electron chi connectivity index (χ0n) is 9.65. The fourth-order valence-corrected chi connectivity index (χ4v) is 1.04. The Kier molecular flexibility index (Phi) is 3.83. The third-order valence-electron chi connectivity index (χ3n) is 2.09. The number of nitrogens with zero attached hydrogens (tertiary/aromatic N) is 1. The summed E-state index contributed by atoms with van der Waals surface area (Å²) in [5, 5.41) is 0. The highest BCUT2D eigenvalue weighted by Gasteiger charge is 2.10. The lowest BCUT2D eigenvalue weighted by atomic mass is 10.1. The van der Waals surface area contributed by atoms with Crippen molar-refractivity contribution in [3.63, 3.8) is 0 Å². The fraction of sp³-hybridized carbons (Fsp3) is 0.500. The van der Waals surface area contributed by atoms with Crippen LogP contribution in [0.5, 0.6) is 5.75 Å². The normalized spacial score (nSPS) is 10.8. The zero-order chi connectivity index (χ0) is 11.4. The summed E-state index contributed by atoms with van der Waals surface area (Å²) in [7, 11) is 0. The molecule has 0 aliphatic rings. The van der Waals surface area contributed by atoms with E-state index in [0.717, 1.165) is 5.56 Å². The molecule has 0 unspecified atom stereocenters.